The Labute approximate surface area is 88.4 Å². The van der Waals surface area contributed by atoms with Gasteiger partial charge in [0.2, 0.25) is 0 Å². The lowest BCUT2D eigenvalue weighted by Crippen LogP contribution is -2.18. The molecule has 1 heterocycles. The summed E-state index contributed by atoms with van der Waals surface area (Å²) < 4.78 is 9.51. The highest BCUT2D eigenvalue weighted by atomic mass is 16.7. The average Bonchev–Trinajstić information content (AvgIpc) is 2.96. The van der Waals surface area contributed by atoms with E-state index in [1.165, 1.54) is 0 Å². The Hall–Kier alpha value is -1.10. The highest BCUT2D eigenvalue weighted by Crippen LogP contribution is 2.23. The monoisotopic (exact) mass is 216 g/mol. The molecule has 86 valence electrons. The molecule has 1 N–H and O–H groups in total. The number of carboxylic acids is 1. The van der Waals surface area contributed by atoms with Crippen molar-refractivity contribution in [2.24, 2.45) is 0 Å². The van der Waals surface area contributed by atoms with E-state index in [0.29, 0.717) is 6.61 Å². The van der Waals surface area contributed by atoms with E-state index >= 15 is 0 Å². The summed E-state index contributed by atoms with van der Waals surface area (Å²) in [4.78, 5) is 21.5. The third-order valence-electron chi connectivity index (χ3n) is 2.21. The summed E-state index contributed by atoms with van der Waals surface area (Å²) in [5, 5.41) is 8.48. The lowest BCUT2D eigenvalue weighted by atomic mass is 10.2. The fraction of sp³-hybridized carbons (Fsp3) is 0.800. The lowest BCUT2D eigenvalue weighted by molar-refractivity contribution is -0.146. The van der Waals surface area contributed by atoms with E-state index in [1.807, 2.05) is 0 Å². The van der Waals surface area contributed by atoms with Crippen molar-refractivity contribution in [1.82, 2.24) is 0 Å². The molecule has 0 aromatic carbocycles. The number of hydrogen-bond acceptors (Lipinski definition) is 4. The molecule has 0 saturated carbocycles. The summed E-state index contributed by atoms with van der Waals surface area (Å²) >= 11 is 0. The van der Waals surface area contributed by atoms with Gasteiger partial charge in [0.1, 0.15) is 0 Å². The third-order valence-corrected chi connectivity index (χ3v) is 2.21. The number of rotatable bonds is 7. The summed E-state index contributed by atoms with van der Waals surface area (Å²) in [5.41, 5.74) is 0. The molecule has 1 aliphatic heterocycles. The zero-order chi connectivity index (χ0) is 11.3. The third kappa shape index (κ3) is 3.87. The number of carbonyl (C=O) groups excluding carboxylic acids is 1. The Balaban J connectivity index is 2.03. The number of unbranched alkanes of at least 4 members (excludes halogenated alkanes) is 3. The Kier molecular flexibility index (Phi) is 4.55. The van der Waals surface area contributed by atoms with Crippen molar-refractivity contribution in [3.63, 3.8) is 0 Å². The molecule has 1 fully saturated rings. The maximum atomic E-state index is 11.1. The molecule has 0 aromatic rings. The fourth-order valence-electron chi connectivity index (χ4n) is 1.26. The molecule has 2 atom stereocenters. The van der Waals surface area contributed by atoms with Gasteiger partial charge in [0.05, 0.1) is 6.61 Å². The molecule has 1 rings (SSSR count). The number of esters is 1. The largest absolute Gasteiger partial charge is 0.479 e. The Bertz CT molecular complexity index is 238. The Morgan fingerprint density at radius 1 is 1.27 bits per heavy atom. The second-order valence-electron chi connectivity index (χ2n) is 3.54. The van der Waals surface area contributed by atoms with Gasteiger partial charge in [-0.2, -0.15) is 0 Å². The summed E-state index contributed by atoms with van der Waals surface area (Å²) in [5.74, 6) is -1.66. The smallest absolute Gasteiger partial charge is 0.338 e. The minimum absolute atomic E-state index is 0.352. The maximum Gasteiger partial charge on any atom is 0.338 e. The van der Waals surface area contributed by atoms with E-state index in [2.05, 4.69) is 11.7 Å². The molecule has 2 unspecified atom stereocenters. The van der Waals surface area contributed by atoms with Gasteiger partial charge < -0.3 is 14.6 Å². The van der Waals surface area contributed by atoms with Crippen LogP contribution in [-0.2, 0) is 19.1 Å². The molecule has 15 heavy (non-hydrogen) atoms. The number of carboxylic acid groups (broad SMARTS) is 1. The number of ether oxygens (including phenoxy) is 2. The predicted octanol–water partition coefficient (Wildman–Crippen LogP) is 0.962. The van der Waals surface area contributed by atoms with Gasteiger partial charge in [-0.3, -0.25) is 0 Å². The first kappa shape index (κ1) is 12.0. The van der Waals surface area contributed by atoms with E-state index < -0.39 is 24.1 Å². The SMILES string of the molecule is CCCCCCOC(=O)C1OC1C(=O)O. The number of hydrogen-bond donors (Lipinski definition) is 1. The maximum absolute atomic E-state index is 11.1. The number of aliphatic carboxylic acids is 1. The molecule has 1 aliphatic rings. The van der Waals surface area contributed by atoms with Crippen LogP contribution in [0.15, 0.2) is 0 Å². The van der Waals surface area contributed by atoms with Crippen LogP contribution in [0, 0.1) is 0 Å². The first-order chi connectivity index (χ1) is 7.16. The van der Waals surface area contributed by atoms with Crippen LogP contribution >= 0.6 is 0 Å². The molecule has 0 amide bonds. The van der Waals surface area contributed by atoms with Crippen LogP contribution in [0.25, 0.3) is 0 Å². The van der Waals surface area contributed by atoms with E-state index in [4.69, 9.17) is 9.84 Å². The van der Waals surface area contributed by atoms with E-state index in [9.17, 15) is 9.59 Å². The van der Waals surface area contributed by atoms with Gasteiger partial charge in [0.15, 0.2) is 12.2 Å². The molecule has 5 nitrogen and oxygen atoms in total. The van der Waals surface area contributed by atoms with Crippen molar-refractivity contribution in [3.05, 3.63) is 0 Å². The molecule has 0 aliphatic carbocycles. The standard InChI is InChI=1S/C10H16O5/c1-2-3-4-5-6-14-10(13)8-7(15-8)9(11)12/h7-8H,2-6H2,1H3,(H,11,12). The van der Waals surface area contributed by atoms with Gasteiger partial charge in [0.25, 0.3) is 0 Å². The van der Waals surface area contributed by atoms with Crippen molar-refractivity contribution in [1.29, 1.82) is 0 Å². The first-order valence-electron chi connectivity index (χ1n) is 5.21. The first-order valence-corrected chi connectivity index (χ1v) is 5.21. The van der Waals surface area contributed by atoms with Crippen LogP contribution in [0.5, 0.6) is 0 Å². The Morgan fingerprint density at radius 3 is 2.53 bits per heavy atom. The molecule has 0 radical (unpaired) electrons. The highest BCUT2D eigenvalue weighted by Gasteiger charge is 2.51. The fourth-order valence-corrected chi connectivity index (χ4v) is 1.26. The minimum atomic E-state index is -1.11. The summed E-state index contributed by atoms with van der Waals surface area (Å²) in [6, 6.07) is 0. The van der Waals surface area contributed by atoms with Crippen LogP contribution in [0.4, 0.5) is 0 Å². The van der Waals surface area contributed by atoms with Gasteiger partial charge in [0, 0.05) is 0 Å². The van der Waals surface area contributed by atoms with E-state index in [1.54, 1.807) is 0 Å². The van der Waals surface area contributed by atoms with Crippen molar-refractivity contribution >= 4 is 11.9 Å². The molecular formula is C10H16O5. The van der Waals surface area contributed by atoms with Gasteiger partial charge in [-0.25, -0.2) is 9.59 Å². The van der Waals surface area contributed by atoms with Crippen molar-refractivity contribution < 1.29 is 24.2 Å². The van der Waals surface area contributed by atoms with Crippen LogP contribution < -0.4 is 0 Å². The normalized spacial score (nSPS) is 23.5. The quantitative estimate of drug-likeness (QED) is 0.389. The van der Waals surface area contributed by atoms with Gasteiger partial charge >= 0.3 is 11.9 Å². The molecule has 0 bridgehead atoms. The molecule has 5 heteroatoms. The van der Waals surface area contributed by atoms with Gasteiger partial charge in [-0.05, 0) is 6.42 Å². The van der Waals surface area contributed by atoms with Crippen LogP contribution in [0.3, 0.4) is 0 Å². The summed E-state index contributed by atoms with van der Waals surface area (Å²) in [6.07, 6.45) is 2.22. The zero-order valence-corrected chi connectivity index (χ0v) is 8.77. The summed E-state index contributed by atoms with van der Waals surface area (Å²) in [6.45, 7) is 2.45. The predicted molar refractivity (Wildman–Crippen MR) is 51.4 cm³/mol. The lowest BCUT2D eigenvalue weighted by Gasteiger charge is -2.01. The second-order valence-corrected chi connectivity index (χ2v) is 3.54. The molecular weight excluding hydrogens is 200 g/mol. The minimum Gasteiger partial charge on any atom is -0.479 e. The average molecular weight is 216 g/mol. The van der Waals surface area contributed by atoms with Crippen LogP contribution in [0.2, 0.25) is 0 Å². The number of epoxide rings is 1. The Morgan fingerprint density at radius 2 is 2.00 bits per heavy atom. The number of carbonyl (C=O) groups is 2. The molecule has 1 saturated heterocycles. The van der Waals surface area contributed by atoms with Crippen LogP contribution in [0.1, 0.15) is 32.6 Å². The van der Waals surface area contributed by atoms with E-state index in [-0.39, 0.29) is 0 Å². The van der Waals surface area contributed by atoms with Gasteiger partial charge in [-0.1, -0.05) is 26.2 Å². The second kappa shape index (κ2) is 5.70. The van der Waals surface area contributed by atoms with Crippen LogP contribution in [-0.4, -0.2) is 35.9 Å². The van der Waals surface area contributed by atoms with Crippen molar-refractivity contribution in [3.8, 4) is 0 Å². The molecule has 0 spiro atoms. The van der Waals surface area contributed by atoms with Crippen molar-refractivity contribution in [2.75, 3.05) is 6.61 Å². The highest BCUT2D eigenvalue weighted by molar-refractivity contribution is 5.88. The molecule has 0 aromatic heterocycles. The zero-order valence-electron chi connectivity index (χ0n) is 8.77. The summed E-state index contributed by atoms with van der Waals surface area (Å²) in [7, 11) is 0. The topological polar surface area (TPSA) is 76.1 Å². The van der Waals surface area contributed by atoms with E-state index in [0.717, 1.165) is 25.7 Å². The van der Waals surface area contributed by atoms with Crippen molar-refractivity contribution in [2.45, 2.75) is 44.8 Å². The van der Waals surface area contributed by atoms with Gasteiger partial charge in [-0.15, -0.1) is 0 Å².